The zero-order valence-corrected chi connectivity index (χ0v) is 12.0. The molecule has 2 unspecified atom stereocenters. The first-order valence-corrected chi connectivity index (χ1v) is 7.44. The molecule has 1 aliphatic rings. The highest BCUT2D eigenvalue weighted by atomic mass is 35.5. The summed E-state index contributed by atoms with van der Waals surface area (Å²) in [6, 6.07) is 8.43. The molecule has 0 N–H and O–H groups in total. The van der Waals surface area contributed by atoms with E-state index in [1.54, 1.807) is 11.3 Å². The van der Waals surface area contributed by atoms with Crippen LogP contribution in [-0.4, -0.2) is 6.10 Å². The van der Waals surface area contributed by atoms with Crippen LogP contribution in [0.1, 0.15) is 33.9 Å². The van der Waals surface area contributed by atoms with Crippen LogP contribution in [0.15, 0.2) is 29.6 Å². The molecule has 1 nitrogen and oxygen atoms in total. The van der Waals surface area contributed by atoms with Crippen molar-refractivity contribution in [3.05, 3.63) is 51.2 Å². The van der Waals surface area contributed by atoms with Crippen LogP contribution in [0.2, 0.25) is 0 Å². The SMILES string of the molecule is Cc1ccsc1C(Cl)c1ccc2c(c1)CC(C)O2. The zero-order valence-electron chi connectivity index (χ0n) is 10.4. The number of rotatable bonds is 2. The van der Waals surface area contributed by atoms with E-state index in [-0.39, 0.29) is 11.5 Å². The van der Waals surface area contributed by atoms with Crippen LogP contribution in [0.4, 0.5) is 0 Å². The number of thiophene rings is 1. The number of hydrogen-bond acceptors (Lipinski definition) is 2. The third-order valence-corrected chi connectivity index (χ3v) is 5.03. The van der Waals surface area contributed by atoms with Gasteiger partial charge in [-0.1, -0.05) is 12.1 Å². The van der Waals surface area contributed by atoms with Gasteiger partial charge in [-0.25, -0.2) is 0 Å². The van der Waals surface area contributed by atoms with Gasteiger partial charge in [0.05, 0.1) is 5.38 Å². The van der Waals surface area contributed by atoms with E-state index in [1.807, 2.05) is 6.07 Å². The molecule has 2 heterocycles. The molecule has 0 amide bonds. The van der Waals surface area contributed by atoms with Crippen LogP contribution in [0.5, 0.6) is 5.75 Å². The van der Waals surface area contributed by atoms with Crippen molar-refractivity contribution in [2.75, 3.05) is 0 Å². The van der Waals surface area contributed by atoms with E-state index in [0.29, 0.717) is 0 Å². The summed E-state index contributed by atoms with van der Waals surface area (Å²) in [4.78, 5) is 1.24. The summed E-state index contributed by atoms with van der Waals surface area (Å²) in [6.45, 7) is 4.21. The van der Waals surface area contributed by atoms with Crippen LogP contribution in [0.3, 0.4) is 0 Å². The quantitative estimate of drug-likeness (QED) is 0.723. The summed E-state index contributed by atoms with van der Waals surface area (Å²) in [5, 5.41) is 2.05. The zero-order chi connectivity index (χ0) is 12.7. The minimum absolute atomic E-state index is 0.0498. The lowest BCUT2D eigenvalue weighted by Crippen LogP contribution is -2.05. The highest BCUT2D eigenvalue weighted by Crippen LogP contribution is 2.38. The average Bonchev–Trinajstić information content (AvgIpc) is 2.91. The van der Waals surface area contributed by atoms with E-state index in [4.69, 9.17) is 16.3 Å². The number of fused-ring (bicyclic) bond motifs is 1. The Hall–Kier alpha value is -0.990. The first-order chi connectivity index (χ1) is 8.65. The predicted octanol–water partition coefficient (Wildman–Crippen LogP) is 4.71. The molecule has 0 saturated heterocycles. The van der Waals surface area contributed by atoms with E-state index < -0.39 is 0 Å². The van der Waals surface area contributed by atoms with Gasteiger partial charge < -0.3 is 4.74 Å². The summed E-state index contributed by atoms with van der Waals surface area (Å²) in [5.74, 6) is 1.01. The Balaban J connectivity index is 1.94. The second kappa shape index (κ2) is 4.60. The lowest BCUT2D eigenvalue weighted by Gasteiger charge is -2.10. The number of aryl methyl sites for hydroxylation is 1. The Morgan fingerprint density at radius 1 is 1.39 bits per heavy atom. The molecule has 18 heavy (non-hydrogen) atoms. The summed E-state index contributed by atoms with van der Waals surface area (Å²) < 4.78 is 5.72. The van der Waals surface area contributed by atoms with Crippen molar-refractivity contribution in [3.63, 3.8) is 0 Å². The molecular formula is C15H15ClOS. The third kappa shape index (κ3) is 2.04. The first-order valence-electron chi connectivity index (χ1n) is 6.12. The fraction of sp³-hybridized carbons (Fsp3) is 0.333. The van der Waals surface area contributed by atoms with E-state index >= 15 is 0 Å². The number of halogens is 1. The number of hydrogen-bond donors (Lipinski definition) is 0. The second-order valence-corrected chi connectivity index (χ2v) is 6.21. The summed E-state index contributed by atoms with van der Waals surface area (Å²) in [5.41, 5.74) is 3.71. The minimum atomic E-state index is -0.0498. The maximum Gasteiger partial charge on any atom is 0.123 e. The van der Waals surface area contributed by atoms with Gasteiger partial charge in [0.1, 0.15) is 11.9 Å². The largest absolute Gasteiger partial charge is 0.490 e. The monoisotopic (exact) mass is 278 g/mol. The highest BCUT2D eigenvalue weighted by Gasteiger charge is 2.21. The molecule has 0 fully saturated rings. The van der Waals surface area contributed by atoms with Crippen molar-refractivity contribution in [2.45, 2.75) is 31.7 Å². The maximum absolute atomic E-state index is 6.59. The molecule has 1 aromatic carbocycles. The van der Waals surface area contributed by atoms with E-state index in [0.717, 1.165) is 12.2 Å². The van der Waals surface area contributed by atoms with Crippen molar-refractivity contribution in [1.29, 1.82) is 0 Å². The molecule has 3 rings (SSSR count). The van der Waals surface area contributed by atoms with Gasteiger partial charge in [-0.3, -0.25) is 0 Å². The van der Waals surface area contributed by atoms with Crippen molar-refractivity contribution >= 4 is 22.9 Å². The average molecular weight is 279 g/mol. The third-order valence-electron chi connectivity index (χ3n) is 3.34. The molecule has 2 atom stereocenters. The molecular weight excluding hydrogens is 264 g/mol. The molecule has 0 radical (unpaired) electrons. The van der Waals surface area contributed by atoms with Crippen molar-refractivity contribution in [3.8, 4) is 5.75 Å². The highest BCUT2D eigenvalue weighted by molar-refractivity contribution is 7.10. The molecule has 0 spiro atoms. The van der Waals surface area contributed by atoms with Crippen molar-refractivity contribution < 1.29 is 4.74 Å². The predicted molar refractivity (Wildman–Crippen MR) is 77.0 cm³/mol. The van der Waals surface area contributed by atoms with Crippen LogP contribution in [0.25, 0.3) is 0 Å². The lowest BCUT2D eigenvalue weighted by atomic mass is 10.0. The Labute approximate surface area is 116 Å². The molecule has 0 bridgehead atoms. The molecule has 3 heteroatoms. The van der Waals surface area contributed by atoms with Crippen LogP contribution in [0, 0.1) is 6.92 Å². The van der Waals surface area contributed by atoms with Gasteiger partial charge in [0.2, 0.25) is 0 Å². The summed E-state index contributed by atoms with van der Waals surface area (Å²) in [6.07, 6.45) is 1.27. The van der Waals surface area contributed by atoms with Gasteiger partial charge in [-0.15, -0.1) is 22.9 Å². The van der Waals surface area contributed by atoms with Gasteiger partial charge in [-0.05, 0) is 48.1 Å². The van der Waals surface area contributed by atoms with Gasteiger partial charge in [0.25, 0.3) is 0 Å². The molecule has 0 aliphatic carbocycles. The van der Waals surface area contributed by atoms with Crippen LogP contribution in [-0.2, 0) is 6.42 Å². The molecule has 2 aromatic rings. The molecule has 1 aliphatic heterocycles. The lowest BCUT2D eigenvalue weighted by molar-refractivity contribution is 0.254. The number of benzene rings is 1. The Morgan fingerprint density at radius 2 is 2.22 bits per heavy atom. The topological polar surface area (TPSA) is 9.23 Å². The van der Waals surface area contributed by atoms with Crippen molar-refractivity contribution in [1.82, 2.24) is 0 Å². The summed E-state index contributed by atoms with van der Waals surface area (Å²) in [7, 11) is 0. The summed E-state index contributed by atoms with van der Waals surface area (Å²) >= 11 is 8.31. The fourth-order valence-electron chi connectivity index (χ4n) is 2.40. The first kappa shape index (κ1) is 12.1. The van der Waals surface area contributed by atoms with Gasteiger partial charge in [0, 0.05) is 11.3 Å². The maximum atomic E-state index is 6.59. The van der Waals surface area contributed by atoms with E-state index in [2.05, 4.69) is 37.4 Å². The number of alkyl halides is 1. The van der Waals surface area contributed by atoms with Gasteiger partial charge >= 0.3 is 0 Å². The van der Waals surface area contributed by atoms with Gasteiger partial charge in [-0.2, -0.15) is 0 Å². The Kier molecular flexibility index (Phi) is 3.08. The number of ether oxygens (including phenoxy) is 1. The van der Waals surface area contributed by atoms with E-state index in [9.17, 15) is 0 Å². The minimum Gasteiger partial charge on any atom is -0.490 e. The standard InChI is InChI=1S/C15H15ClOS/c1-9-5-6-18-15(9)14(16)11-3-4-13-12(8-11)7-10(2)17-13/h3-6,8,10,14H,7H2,1-2H3. The van der Waals surface area contributed by atoms with Gasteiger partial charge in [0.15, 0.2) is 0 Å². The van der Waals surface area contributed by atoms with E-state index in [1.165, 1.54) is 21.6 Å². The Morgan fingerprint density at radius 3 is 2.94 bits per heavy atom. The Bertz CT molecular complexity index is 576. The smallest absolute Gasteiger partial charge is 0.123 e. The molecule has 94 valence electrons. The second-order valence-electron chi connectivity index (χ2n) is 4.83. The van der Waals surface area contributed by atoms with Crippen LogP contribution >= 0.6 is 22.9 Å². The normalized spacial score (nSPS) is 19.4. The fourth-order valence-corrected chi connectivity index (χ4v) is 3.79. The van der Waals surface area contributed by atoms with Crippen molar-refractivity contribution in [2.24, 2.45) is 0 Å². The van der Waals surface area contributed by atoms with Crippen LogP contribution < -0.4 is 4.74 Å². The molecule has 1 aromatic heterocycles. The molecule has 0 saturated carbocycles.